The zero-order valence-electron chi connectivity index (χ0n) is 16.5. The molecule has 0 aliphatic rings. The van der Waals surface area contributed by atoms with Gasteiger partial charge >= 0.3 is 6.18 Å². The first kappa shape index (κ1) is 22.4. The number of aromatic nitrogens is 1. The molecule has 9 heteroatoms. The Morgan fingerprint density at radius 3 is 2.58 bits per heavy atom. The standard InChI is InChI=1S/C22H19F3N2O3S/c1-3-10-26-20(28)17-13-31-21(27-17)15-6-9-18(19(11-15)29-2)30-12-14-4-7-16(8-5-14)22(23,24)25/h3-9,11,13H,1,10,12H2,2H3,(H,26,28). The first-order chi connectivity index (χ1) is 14.8. The van der Waals surface area contributed by atoms with Crippen LogP contribution in [0.25, 0.3) is 10.6 Å². The van der Waals surface area contributed by atoms with E-state index in [1.54, 1.807) is 29.7 Å². The van der Waals surface area contributed by atoms with Crippen molar-refractivity contribution in [3.63, 3.8) is 0 Å². The molecule has 2 aromatic carbocycles. The summed E-state index contributed by atoms with van der Waals surface area (Å²) in [5.74, 6) is 0.592. The van der Waals surface area contributed by atoms with Gasteiger partial charge in [0.05, 0.1) is 12.7 Å². The summed E-state index contributed by atoms with van der Waals surface area (Å²) in [6, 6.07) is 9.98. The fraction of sp³-hybridized carbons (Fsp3) is 0.182. The number of thiazole rings is 1. The summed E-state index contributed by atoms with van der Waals surface area (Å²) in [6.45, 7) is 3.98. The van der Waals surface area contributed by atoms with Gasteiger partial charge in [-0.25, -0.2) is 4.98 Å². The number of ether oxygens (including phenoxy) is 2. The number of amides is 1. The number of rotatable bonds is 8. The SMILES string of the molecule is C=CCNC(=O)c1csc(-c2ccc(OCc3ccc(C(F)(F)F)cc3)c(OC)c2)n1. The first-order valence-electron chi connectivity index (χ1n) is 9.13. The number of carbonyl (C=O) groups is 1. The Hall–Kier alpha value is -3.33. The van der Waals surface area contributed by atoms with Crippen molar-refractivity contribution in [1.82, 2.24) is 10.3 Å². The molecule has 0 saturated heterocycles. The van der Waals surface area contributed by atoms with Crippen molar-refractivity contribution < 1.29 is 27.4 Å². The van der Waals surface area contributed by atoms with Gasteiger partial charge in [0.15, 0.2) is 11.5 Å². The third-order valence-electron chi connectivity index (χ3n) is 4.23. The van der Waals surface area contributed by atoms with Crippen LogP contribution in [0.1, 0.15) is 21.6 Å². The smallest absolute Gasteiger partial charge is 0.416 e. The number of nitrogens with zero attached hydrogens (tertiary/aromatic N) is 1. The van der Waals surface area contributed by atoms with Gasteiger partial charge < -0.3 is 14.8 Å². The van der Waals surface area contributed by atoms with Gasteiger partial charge in [-0.3, -0.25) is 4.79 Å². The van der Waals surface area contributed by atoms with Crippen LogP contribution in [0.4, 0.5) is 13.2 Å². The summed E-state index contributed by atoms with van der Waals surface area (Å²) in [6.07, 6.45) is -2.79. The van der Waals surface area contributed by atoms with Gasteiger partial charge in [0.25, 0.3) is 5.91 Å². The largest absolute Gasteiger partial charge is 0.493 e. The molecule has 0 fully saturated rings. The van der Waals surface area contributed by atoms with Crippen molar-refractivity contribution in [3.05, 3.63) is 77.3 Å². The fourth-order valence-electron chi connectivity index (χ4n) is 2.64. The summed E-state index contributed by atoms with van der Waals surface area (Å²) < 4.78 is 49.1. The molecule has 3 rings (SSSR count). The maximum Gasteiger partial charge on any atom is 0.416 e. The minimum atomic E-state index is -4.37. The van der Waals surface area contributed by atoms with Crippen LogP contribution >= 0.6 is 11.3 Å². The molecule has 0 spiro atoms. The number of hydrogen-bond acceptors (Lipinski definition) is 5. The molecule has 3 aromatic rings. The van der Waals surface area contributed by atoms with Crippen molar-refractivity contribution in [2.75, 3.05) is 13.7 Å². The predicted molar refractivity (Wildman–Crippen MR) is 112 cm³/mol. The Morgan fingerprint density at radius 1 is 1.19 bits per heavy atom. The van der Waals surface area contributed by atoms with Crippen LogP contribution < -0.4 is 14.8 Å². The van der Waals surface area contributed by atoms with E-state index in [9.17, 15) is 18.0 Å². The van der Waals surface area contributed by atoms with E-state index in [1.807, 2.05) is 0 Å². The fourth-order valence-corrected chi connectivity index (χ4v) is 3.43. The number of carbonyl (C=O) groups excluding carboxylic acids is 1. The topological polar surface area (TPSA) is 60.5 Å². The molecule has 0 aliphatic heterocycles. The monoisotopic (exact) mass is 448 g/mol. The Labute approximate surface area is 181 Å². The quantitative estimate of drug-likeness (QED) is 0.473. The van der Waals surface area contributed by atoms with Crippen LogP contribution in [0.5, 0.6) is 11.5 Å². The van der Waals surface area contributed by atoms with E-state index in [-0.39, 0.29) is 12.5 Å². The second-order valence-electron chi connectivity index (χ2n) is 6.39. The molecular weight excluding hydrogens is 429 g/mol. The van der Waals surface area contributed by atoms with Crippen LogP contribution in [-0.4, -0.2) is 24.5 Å². The Morgan fingerprint density at radius 2 is 1.94 bits per heavy atom. The zero-order valence-corrected chi connectivity index (χ0v) is 17.3. The number of methoxy groups -OCH3 is 1. The minimum Gasteiger partial charge on any atom is -0.493 e. The molecule has 0 unspecified atom stereocenters. The van der Waals surface area contributed by atoms with E-state index in [0.29, 0.717) is 34.3 Å². The van der Waals surface area contributed by atoms with Gasteiger partial charge in [0.2, 0.25) is 0 Å². The number of nitrogens with one attached hydrogen (secondary N) is 1. The lowest BCUT2D eigenvalue weighted by atomic mass is 10.1. The van der Waals surface area contributed by atoms with E-state index < -0.39 is 11.7 Å². The number of alkyl halides is 3. The van der Waals surface area contributed by atoms with Crippen LogP contribution in [0, 0.1) is 0 Å². The number of halogens is 3. The predicted octanol–water partition coefficient (Wildman–Crippen LogP) is 5.33. The van der Waals surface area contributed by atoms with E-state index in [4.69, 9.17) is 9.47 Å². The molecule has 5 nitrogen and oxygen atoms in total. The normalized spacial score (nSPS) is 11.1. The molecule has 0 saturated carbocycles. The lowest BCUT2D eigenvalue weighted by Gasteiger charge is -2.12. The maximum absolute atomic E-state index is 12.7. The molecule has 0 atom stereocenters. The van der Waals surface area contributed by atoms with Gasteiger partial charge in [0.1, 0.15) is 17.3 Å². The van der Waals surface area contributed by atoms with Gasteiger partial charge in [-0.2, -0.15) is 13.2 Å². The van der Waals surface area contributed by atoms with Crippen molar-refractivity contribution in [1.29, 1.82) is 0 Å². The van der Waals surface area contributed by atoms with E-state index in [2.05, 4.69) is 16.9 Å². The summed E-state index contributed by atoms with van der Waals surface area (Å²) in [5.41, 5.74) is 0.934. The minimum absolute atomic E-state index is 0.0821. The molecular formula is C22H19F3N2O3S. The van der Waals surface area contributed by atoms with Crippen molar-refractivity contribution in [2.45, 2.75) is 12.8 Å². The van der Waals surface area contributed by atoms with E-state index in [1.165, 1.54) is 30.6 Å². The van der Waals surface area contributed by atoms with Crippen LogP contribution in [0.3, 0.4) is 0 Å². The third kappa shape index (κ3) is 5.64. The average Bonchev–Trinajstić information content (AvgIpc) is 3.26. The highest BCUT2D eigenvalue weighted by atomic mass is 32.1. The van der Waals surface area contributed by atoms with Crippen LogP contribution in [0.2, 0.25) is 0 Å². The molecule has 1 heterocycles. The highest BCUT2D eigenvalue weighted by Crippen LogP contribution is 2.34. The molecule has 31 heavy (non-hydrogen) atoms. The maximum atomic E-state index is 12.7. The Kier molecular flexibility index (Phi) is 6.96. The molecule has 1 amide bonds. The molecule has 1 N–H and O–H groups in total. The van der Waals surface area contributed by atoms with Crippen LogP contribution in [0.15, 0.2) is 60.5 Å². The highest BCUT2D eigenvalue weighted by Gasteiger charge is 2.29. The lowest BCUT2D eigenvalue weighted by Crippen LogP contribution is -2.23. The molecule has 162 valence electrons. The summed E-state index contributed by atoms with van der Waals surface area (Å²) in [4.78, 5) is 16.3. The van der Waals surface area contributed by atoms with Gasteiger partial charge in [-0.15, -0.1) is 17.9 Å². The second-order valence-corrected chi connectivity index (χ2v) is 7.24. The zero-order chi connectivity index (χ0) is 22.4. The second kappa shape index (κ2) is 9.65. The van der Waals surface area contributed by atoms with E-state index >= 15 is 0 Å². The summed E-state index contributed by atoms with van der Waals surface area (Å²) in [7, 11) is 1.49. The van der Waals surface area contributed by atoms with Gasteiger partial charge in [0, 0.05) is 17.5 Å². The molecule has 0 aliphatic carbocycles. The van der Waals surface area contributed by atoms with Crippen molar-refractivity contribution >= 4 is 17.2 Å². The Bertz CT molecular complexity index is 1060. The first-order valence-corrected chi connectivity index (χ1v) is 10.0. The molecule has 1 aromatic heterocycles. The van der Waals surface area contributed by atoms with Gasteiger partial charge in [-0.1, -0.05) is 18.2 Å². The number of hydrogen-bond donors (Lipinski definition) is 1. The third-order valence-corrected chi connectivity index (χ3v) is 5.12. The molecule has 0 bridgehead atoms. The summed E-state index contributed by atoms with van der Waals surface area (Å²) >= 11 is 1.32. The van der Waals surface area contributed by atoms with Gasteiger partial charge in [-0.05, 0) is 35.9 Å². The lowest BCUT2D eigenvalue weighted by molar-refractivity contribution is -0.137. The van der Waals surface area contributed by atoms with Crippen molar-refractivity contribution in [2.24, 2.45) is 0 Å². The summed E-state index contributed by atoms with van der Waals surface area (Å²) in [5, 5.41) is 4.97. The average molecular weight is 448 g/mol. The van der Waals surface area contributed by atoms with E-state index in [0.717, 1.165) is 17.7 Å². The van der Waals surface area contributed by atoms with Crippen molar-refractivity contribution in [3.8, 4) is 22.1 Å². The van der Waals surface area contributed by atoms with Crippen LogP contribution in [-0.2, 0) is 12.8 Å². The Balaban J connectivity index is 1.71. The molecule has 0 radical (unpaired) electrons. The number of benzene rings is 2. The highest BCUT2D eigenvalue weighted by molar-refractivity contribution is 7.13.